The lowest BCUT2D eigenvalue weighted by atomic mass is 10.0. The number of aldehydes is 1. The summed E-state index contributed by atoms with van der Waals surface area (Å²) in [7, 11) is 2.11. The summed E-state index contributed by atoms with van der Waals surface area (Å²) in [6.45, 7) is 1.16. The quantitative estimate of drug-likeness (QED) is 0.439. The molecule has 1 heterocycles. The van der Waals surface area contributed by atoms with Gasteiger partial charge in [-0.1, -0.05) is 12.5 Å². The Morgan fingerprint density at radius 3 is 2.91 bits per heavy atom. The number of carbonyl (C=O) groups is 1. The molecule has 0 saturated carbocycles. The summed E-state index contributed by atoms with van der Waals surface area (Å²) < 4.78 is 0. The van der Waals surface area contributed by atoms with Gasteiger partial charge in [0.2, 0.25) is 0 Å². The number of piperidine rings is 1. The Morgan fingerprint density at radius 2 is 2.27 bits per heavy atom. The first kappa shape index (κ1) is 8.47. The molecule has 0 aromatic rings. The first-order valence-electron chi connectivity index (χ1n) is 4.17. The Hall–Kier alpha value is -0.630. The number of hydrogen-bond donors (Lipinski definition) is 0. The summed E-state index contributed by atoms with van der Waals surface area (Å²) in [6.07, 6.45) is 8.22. The molecule has 0 radical (unpaired) electrons. The van der Waals surface area contributed by atoms with Crippen LogP contribution in [-0.2, 0) is 4.79 Å². The van der Waals surface area contributed by atoms with Crippen molar-refractivity contribution in [1.29, 1.82) is 0 Å². The van der Waals surface area contributed by atoms with Crippen LogP contribution >= 0.6 is 0 Å². The van der Waals surface area contributed by atoms with Gasteiger partial charge in [-0.05, 0) is 32.5 Å². The van der Waals surface area contributed by atoms with Crippen LogP contribution in [0.25, 0.3) is 0 Å². The van der Waals surface area contributed by atoms with Crippen LogP contribution < -0.4 is 0 Å². The number of likely N-dealkylation sites (tertiary alicyclic amines) is 1. The third-order valence-electron chi connectivity index (χ3n) is 2.24. The van der Waals surface area contributed by atoms with Crippen LogP contribution in [0.15, 0.2) is 12.2 Å². The Kier molecular flexibility index (Phi) is 3.30. The number of likely N-dealkylation sites (N-methyl/N-ethyl adjacent to an activating group) is 1. The van der Waals surface area contributed by atoms with Gasteiger partial charge in [0.1, 0.15) is 6.29 Å². The van der Waals surface area contributed by atoms with Crippen molar-refractivity contribution in [2.24, 2.45) is 0 Å². The van der Waals surface area contributed by atoms with Gasteiger partial charge in [0.25, 0.3) is 0 Å². The third-order valence-corrected chi connectivity index (χ3v) is 2.24. The Morgan fingerprint density at radius 1 is 1.45 bits per heavy atom. The predicted octanol–water partition coefficient (Wildman–Crippen LogP) is 1.23. The molecular weight excluding hydrogens is 138 g/mol. The minimum Gasteiger partial charge on any atom is -0.300 e. The van der Waals surface area contributed by atoms with Crippen LogP contribution in [0.3, 0.4) is 0 Å². The molecular formula is C9H15NO. The van der Waals surface area contributed by atoms with Crippen molar-refractivity contribution in [3.05, 3.63) is 12.2 Å². The maximum atomic E-state index is 10.0. The smallest absolute Gasteiger partial charge is 0.142 e. The van der Waals surface area contributed by atoms with Crippen LogP contribution in [0.5, 0.6) is 0 Å². The highest BCUT2D eigenvalue weighted by atomic mass is 16.1. The van der Waals surface area contributed by atoms with Crippen LogP contribution in [0.1, 0.15) is 19.3 Å². The Bertz CT molecular complexity index is 154. The molecule has 62 valence electrons. The van der Waals surface area contributed by atoms with Gasteiger partial charge in [0.05, 0.1) is 0 Å². The molecule has 2 nitrogen and oxygen atoms in total. The van der Waals surface area contributed by atoms with E-state index in [9.17, 15) is 4.79 Å². The molecule has 1 unspecified atom stereocenters. The average Bonchev–Trinajstić information content (AvgIpc) is 2.03. The zero-order valence-corrected chi connectivity index (χ0v) is 6.99. The molecule has 1 aliphatic heterocycles. The van der Waals surface area contributed by atoms with Crippen molar-refractivity contribution >= 4 is 6.29 Å². The van der Waals surface area contributed by atoms with Gasteiger partial charge < -0.3 is 0 Å². The van der Waals surface area contributed by atoms with Crippen molar-refractivity contribution in [2.45, 2.75) is 25.3 Å². The molecule has 0 amide bonds. The fourth-order valence-electron chi connectivity index (χ4n) is 1.52. The van der Waals surface area contributed by atoms with E-state index in [2.05, 4.69) is 11.9 Å². The van der Waals surface area contributed by atoms with E-state index < -0.39 is 0 Å². The second kappa shape index (κ2) is 4.29. The first-order valence-corrected chi connectivity index (χ1v) is 4.17. The SMILES string of the molecule is CN1CCCCC1/C=C/C=O. The summed E-state index contributed by atoms with van der Waals surface area (Å²) in [5.74, 6) is 0. The largest absolute Gasteiger partial charge is 0.300 e. The molecule has 1 atom stereocenters. The predicted molar refractivity (Wildman–Crippen MR) is 45.5 cm³/mol. The fraction of sp³-hybridized carbons (Fsp3) is 0.667. The first-order chi connectivity index (χ1) is 5.34. The Labute approximate surface area is 67.9 Å². The van der Waals surface area contributed by atoms with Crippen molar-refractivity contribution < 1.29 is 4.79 Å². The lowest BCUT2D eigenvalue weighted by molar-refractivity contribution is -0.104. The number of nitrogens with zero attached hydrogens (tertiary/aromatic N) is 1. The highest BCUT2D eigenvalue weighted by molar-refractivity contribution is 5.64. The lowest BCUT2D eigenvalue weighted by Gasteiger charge is -2.29. The topological polar surface area (TPSA) is 20.3 Å². The fourth-order valence-corrected chi connectivity index (χ4v) is 1.52. The maximum absolute atomic E-state index is 10.0. The highest BCUT2D eigenvalue weighted by Crippen LogP contribution is 2.15. The normalized spacial score (nSPS) is 27.5. The number of hydrogen-bond acceptors (Lipinski definition) is 2. The lowest BCUT2D eigenvalue weighted by Crippen LogP contribution is -2.34. The van der Waals surface area contributed by atoms with E-state index in [0.717, 1.165) is 12.8 Å². The zero-order chi connectivity index (χ0) is 8.10. The van der Waals surface area contributed by atoms with Gasteiger partial charge in [-0.2, -0.15) is 0 Å². The van der Waals surface area contributed by atoms with E-state index in [1.54, 1.807) is 6.08 Å². The van der Waals surface area contributed by atoms with Gasteiger partial charge in [0, 0.05) is 6.04 Å². The second-order valence-electron chi connectivity index (χ2n) is 3.06. The molecule has 1 rings (SSSR count). The van der Waals surface area contributed by atoms with Gasteiger partial charge in [0.15, 0.2) is 0 Å². The van der Waals surface area contributed by atoms with Crippen LogP contribution in [-0.4, -0.2) is 30.8 Å². The highest BCUT2D eigenvalue weighted by Gasteiger charge is 2.14. The molecule has 1 saturated heterocycles. The van der Waals surface area contributed by atoms with Crippen molar-refractivity contribution in [3.63, 3.8) is 0 Å². The second-order valence-corrected chi connectivity index (χ2v) is 3.06. The molecule has 11 heavy (non-hydrogen) atoms. The van der Waals surface area contributed by atoms with Gasteiger partial charge in [-0.25, -0.2) is 0 Å². The number of rotatable bonds is 2. The summed E-state index contributed by atoms with van der Waals surface area (Å²) in [5.41, 5.74) is 0. The third kappa shape index (κ3) is 2.46. The van der Waals surface area contributed by atoms with E-state index in [1.165, 1.54) is 19.3 Å². The van der Waals surface area contributed by atoms with Crippen LogP contribution in [0.2, 0.25) is 0 Å². The molecule has 1 fully saturated rings. The maximum Gasteiger partial charge on any atom is 0.142 e. The van der Waals surface area contributed by atoms with Crippen LogP contribution in [0, 0.1) is 0 Å². The van der Waals surface area contributed by atoms with Gasteiger partial charge in [-0.15, -0.1) is 0 Å². The van der Waals surface area contributed by atoms with E-state index >= 15 is 0 Å². The minimum atomic E-state index is 0.494. The Balaban J connectivity index is 2.41. The molecule has 0 bridgehead atoms. The van der Waals surface area contributed by atoms with Crippen molar-refractivity contribution in [3.8, 4) is 0 Å². The molecule has 0 N–H and O–H groups in total. The van der Waals surface area contributed by atoms with E-state index in [0.29, 0.717) is 6.04 Å². The van der Waals surface area contributed by atoms with E-state index in [-0.39, 0.29) is 0 Å². The van der Waals surface area contributed by atoms with E-state index in [4.69, 9.17) is 0 Å². The minimum absolute atomic E-state index is 0.494. The number of carbonyl (C=O) groups excluding carboxylic acids is 1. The number of allylic oxidation sites excluding steroid dienone is 1. The van der Waals surface area contributed by atoms with Crippen LogP contribution in [0.4, 0.5) is 0 Å². The molecule has 0 aromatic heterocycles. The summed E-state index contributed by atoms with van der Waals surface area (Å²) in [4.78, 5) is 12.3. The van der Waals surface area contributed by atoms with E-state index in [1.807, 2.05) is 6.08 Å². The zero-order valence-electron chi connectivity index (χ0n) is 6.99. The average molecular weight is 153 g/mol. The van der Waals surface area contributed by atoms with Crippen molar-refractivity contribution in [1.82, 2.24) is 4.90 Å². The molecule has 2 heteroatoms. The molecule has 0 aliphatic carbocycles. The standard InChI is InChI=1S/C9H15NO/c1-10-7-3-2-5-9(10)6-4-8-11/h4,6,8-9H,2-3,5,7H2,1H3/b6-4+. The summed E-state index contributed by atoms with van der Waals surface area (Å²) >= 11 is 0. The van der Waals surface area contributed by atoms with Crippen molar-refractivity contribution in [2.75, 3.05) is 13.6 Å². The molecule has 0 aromatic carbocycles. The van der Waals surface area contributed by atoms with Gasteiger partial charge in [-0.3, -0.25) is 9.69 Å². The van der Waals surface area contributed by atoms with Gasteiger partial charge >= 0.3 is 0 Å². The summed E-state index contributed by atoms with van der Waals surface area (Å²) in [5, 5.41) is 0. The summed E-state index contributed by atoms with van der Waals surface area (Å²) in [6, 6.07) is 0.494. The monoisotopic (exact) mass is 153 g/mol. The molecule has 0 spiro atoms. The molecule has 1 aliphatic rings.